The van der Waals surface area contributed by atoms with Crippen molar-refractivity contribution >= 4 is 11.5 Å². The average Bonchev–Trinajstić information content (AvgIpc) is 2.55. The molecule has 2 aromatic rings. The van der Waals surface area contributed by atoms with Crippen LogP contribution in [-0.4, -0.2) is 18.0 Å². The third-order valence-corrected chi connectivity index (χ3v) is 3.79. The third kappa shape index (κ3) is 4.96. The molecule has 2 aromatic carbocycles. The summed E-state index contributed by atoms with van der Waals surface area (Å²) in [5.74, 6) is 0.479. The number of carbonyl (C=O) groups excluding carboxylic acids is 1. The molecule has 0 spiro atoms. The smallest absolute Gasteiger partial charge is 0.130 e. The first-order valence-electron chi connectivity index (χ1n) is 7.76. The van der Waals surface area contributed by atoms with Gasteiger partial charge in [-0.25, -0.2) is 0 Å². The van der Waals surface area contributed by atoms with Gasteiger partial charge in [0.15, 0.2) is 0 Å². The van der Waals surface area contributed by atoms with Crippen molar-refractivity contribution in [1.82, 2.24) is 0 Å². The van der Waals surface area contributed by atoms with Crippen LogP contribution in [0.15, 0.2) is 65.7 Å². The summed E-state index contributed by atoms with van der Waals surface area (Å²) in [5.41, 5.74) is 3.60. The molecule has 22 heavy (non-hydrogen) atoms. The van der Waals surface area contributed by atoms with E-state index >= 15 is 0 Å². The highest BCUT2D eigenvalue weighted by atomic mass is 16.1. The van der Waals surface area contributed by atoms with E-state index in [2.05, 4.69) is 48.5 Å². The number of hydrogen-bond donors (Lipinski definition) is 0. The van der Waals surface area contributed by atoms with Crippen LogP contribution < -0.4 is 0 Å². The van der Waals surface area contributed by atoms with Gasteiger partial charge in [0.25, 0.3) is 0 Å². The summed E-state index contributed by atoms with van der Waals surface area (Å²) in [4.78, 5) is 15.8. The summed E-state index contributed by atoms with van der Waals surface area (Å²) in [6.45, 7) is 4.36. The van der Waals surface area contributed by atoms with Crippen LogP contribution in [0.1, 0.15) is 43.7 Å². The molecule has 0 bridgehead atoms. The first-order valence-corrected chi connectivity index (χ1v) is 7.76. The summed E-state index contributed by atoms with van der Waals surface area (Å²) in [5, 5.41) is 0. The minimum Gasteiger partial charge on any atom is -0.300 e. The third-order valence-electron chi connectivity index (χ3n) is 3.79. The first-order chi connectivity index (χ1) is 10.7. The minimum atomic E-state index is 0.220. The van der Waals surface area contributed by atoms with Gasteiger partial charge in [0.05, 0.1) is 0 Å². The van der Waals surface area contributed by atoms with Gasteiger partial charge in [-0.1, -0.05) is 60.7 Å². The molecular formula is C20H23NO. The average molecular weight is 293 g/mol. The Morgan fingerprint density at radius 2 is 1.36 bits per heavy atom. The maximum Gasteiger partial charge on any atom is 0.130 e. The molecule has 114 valence electrons. The number of carbonyl (C=O) groups is 1. The molecule has 0 aromatic heterocycles. The van der Waals surface area contributed by atoms with Crippen molar-refractivity contribution in [2.75, 3.05) is 6.54 Å². The minimum absolute atomic E-state index is 0.220. The van der Waals surface area contributed by atoms with Crippen LogP contribution in [0, 0.1) is 0 Å². The Hall–Kier alpha value is -2.22. The van der Waals surface area contributed by atoms with E-state index in [4.69, 9.17) is 4.99 Å². The largest absolute Gasteiger partial charge is 0.300 e. The number of hydrogen-bond acceptors (Lipinski definition) is 2. The molecule has 0 saturated carbocycles. The Kier molecular flexibility index (Phi) is 6.08. The molecule has 0 fully saturated rings. The van der Waals surface area contributed by atoms with Crippen LogP contribution in [0.2, 0.25) is 0 Å². The fourth-order valence-electron chi connectivity index (χ4n) is 2.46. The lowest BCUT2D eigenvalue weighted by atomic mass is 9.91. The zero-order valence-corrected chi connectivity index (χ0v) is 13.3. The lowest BCUT2D eigenvalue weighted by Gasteiger charge is -2.16. The Balaban J connectivity index is 2.16. The van der Waals surface area contributed by atoms with Crippen molar-refractivity contribution in [3.8, 4) is 0 Å². The van der Waals surface area contributed by atoms with Gasteiger partial charge in [-0.15, -0.1) is 0 Å². The van der Waals surface area contributed by atoms with E-state index in [0.717, 1.165) is 18.7 Å². The predicted octanol–water partition coefficient (Wildman–Crippen LogP) is 4.65. The van der Waals surface area contributed by atoms with Gasteiger partial charge in [-0.05, 0) is 31.4 Å². The summed E-state index contributed by atoms with van der Waals surface area (Å²) in [7, 11) is 0. The topological polar surface area (TPSA) is 29.4 Å². The van der Waals surface area contributed by atoms with Gasteiger partial charge in [0.2, 0.25) is 0 Å². The maximum atomic E-state index is 11.1. The fraction of sp³-hybridized carbons (Fsp3) is 0.300. The highest BCUT2D eigenvalue weighted by molar-refractivity contribution is 5.86. The van der Waals surface area contributed by atoms with Crippen LogP contribution in [0.4, 0.5) is 0 Å². The predicted molar refractivity (Wildman–Crippen MR) is 92.6 cm³/mol. The van der Waals surface area contributed by atoms with Crippen molar-refractivity contribution in [3.05, 3.63) is 71.8 Å². The van der Waals surface area contributed by atoms with Gasteiger partial charge in [-0.2, -0.15) is 0 Å². The van der Waals surface area contributed by atoms with Crippen molar-refractivity contribution in [3.63, 3.8) is 0 Å². The van der Waals surface area contributed by atoms with E-state index in [-0.39, 0.29) is 11.7 Å². The molecule has 0 heterocycles. The standard InChI is InChI=1S/C20H23NO/c1-16(13-14-17(2)22)21-15-20(18-9-5-3-6-10-18)19-11-7-4-8-12-19/h3-12,20H,13-15H2,1-2H3. The van der Waals surface area contributed by atoms with Crippen molar-refractivity contribution in [2.45, 2.75) is 32.6 Å². The lowest BCUT2D eigenvalue weighted by Crippen LogP contribution is -2.07. The summed E-state index contributed by atoms with van der Waals surface area (Å²) < 4.78 is 0. The fourth-order valence-corrected chi connectivity index (χ4v) is 2.46. The number of aliphatic imine (C=N–C) groups is 1. The highest BCUT2D eigenvalue weighted by Gasteiger charge is 2.13. The summed E-state index contributed by atoms with van der Waals surface area (Å²) in [6, 6.07) is 20.9. The molecular weight excluding hydrogens is 270 g/mol. The van der Waals surface area contributed by atoms with Crippen molar-refractivity contribution < 1.29 is 4.79 Å². The van der Waals surface area contributed by atoms with Crippen LogP contribution >= 0.6 is 0 Å². The zero-order chi connectivity index (χ0) is 15.8. The molecule has 0 aliphatic heterocycles. The SMILES string of the molecule is CC(=O)CCC(C)=NCC(c1ccccc1)c1ccccc1. The molecule has 0 radical (unpaired) electrons. The highest BCUT2D eigenvalue weighted by Crippen LogP contribution is 2.24. The van der Waals surface area contributed by atoms with E-state index in [1.807, 2.05) is 19.1 Å². The number of rotatable bonds is 7. The van der Waals surface area contributed by atoms with Crippen molar-refractivity contribution in [2.24, 2.45) is 4.99 Å². The molecule has 0 atom stereocenters. The summed E-state index contributed by atoms with van der Waals surface area (Å²) >= 11 is 0. The van der Waals surface area contributed by atoms with Crippen molar-refractivity contribution in [1.29, 1.82) is 0 Å². The van der Waals surface area contributed by atoms with Crippen LogP contribution in [0.5, 0.6) is 0 Å². The molecule has 0 unspecified atom stereocenters. The van der Waals surface area contributed by atoms with Crippen LogP contribution in [-0.2, 0) is 4.79 Å². The van der Waals surface area contributed by atoms with Crippen LogP contribution in [0.25, 0.3) is 0 Å². The lowest BCUT2D eigenvalue weighted by molar-refractivity contribution is -0.116. The van der Waals surface area contributed by atoms with E-state index < -0.39 is 0 Å². The number of Topliss-reactive ketones (excluding diaryl/α,β-unsaturated/α-hetero) is 1. The number of ketones is 1. The second-order valence-corrected chi connectivity index (χ2v) is 5.65. The van der Waals surface area contributed by atoms with Gasteiger partial charge in [0, 0.05) is 24.6 Å². The molecule has 0 N–H and O–H groups in total. The number of nitrogens with zero attached hydrogens (tertiary/aromatic N) is 1. The zero-order valence-electron chi connectivity index (χ0n) is 13.3. The second kappa shape index (κ2) is 8.28. The first kappa shape index (κ1) is 16.2. The molecule has 0 saturated heterocycles. The quantitative estimate of drug-likeness (QED) is 0.683. The van der Waals surface area contributed by atoms with Gasteiger partial charge in [0.1, 0.15) is 5.78 Å². The Morgan fingerprint density at radius 1 is 0.864 bits per heavy atom. The van der Waals surface area contributed by atoms with E-state index in [1.165, 1.54) is 11.1 Å². The Morgan fingerprint density at radius 3 is 1.82 bits per heavy atom. The molecule has 0 aliphatic carbocycles. The van der Waals surface area contributed by atoms with E-state index in [0.29, 0.717) is 6.42 Å². The molecule has 2 nitrogen and oxygen atoms in total. The Bertz CT molecular complexity index is 577. The second-order valence-electron chi connectivity index (χ2n) is 5.65. The molecule has 0 amide bonds. The molecule has 2 heteroatoms. The normalized spacial score (nSPS) is 11.7. The molecule has 2 rings (SSSR count). The van der Waals surface area contributed by atoms with Crippen LogP contribution in [0.3, 0.4) is 0 Å². The molecule has 0 aliphatic rings. The maximum absolute atomic E-state index is 11.1. The summed E-state index contributed by atoms with van der Waals surface area (Å²) in [6.07, 6.45) is 1.34. The van der Waals surface area contributed by atoms with Gasteiger partial charge in [-0.3, -0.25) is 4.99 Å². The van der Waals surface area contributed by atoms with Gasteiger partial charge < -0.3 is 4.79 Å². The van der Waals surface area contributed by atoms with E-state index in [9.17, 15) is 4.79 Å². The Labute approximate surface area is 132 Å². The van der Waals surface area contributed by atoms with Gasteiger partial charge >= 0.3 is 0 Å². The monoisotopic (exact) mass is 293 g/mol. The number of benzene rings is 2. The van der Waals surface area contributed by atoms with E-state index in [1.54, 1.807) is 6.92 Å².